The van der Waals surface area contributed by atoms with E-state index in [1.807, 2.05) is 6.21 Å². The van der Waals surface area contributed by atoms with Gasteiger partial charge in [-0.25, -0.2) is 0 Å². The molecule has 1 fully saturated rings. The molecule has 1 atom stereocenters. The summed E-state index contributed by atoms with van der Waals surface area (Å²) in [5.41, 5.74) is 0. The van der Waals surface area contributed by atoms with Crippen molar-refractivity contribution in [2.75, 3.05) is 13.1 Å². The summed E-state index contributed by atoms with van der Waals surface area (Å²) in [6.07, 6.45) is 6.70. The molecule has 0 aliphatic carbocycles. The van der Waals surface area contributed by atoms with Gasteiger partial charge in [-0.15, -0.1) is 0 Å². The van der Waals surface area contributed by atoms with Gasteiger partial charge in [0.05, 0.1) is 6.04 Å². The SMILES string of the molecule is CCC(C=N)C=NC1CCNCC1. The predicted octanol–water partition coefficient (Wildman–Crippen LogP) is 1.48. The summed E-state index contributed by atoms with van der Waals surface area (Å²) in [6.45, 7) is 4.26. The minimum atomic E-state index is 0.245. The van der Waals surface area contributed by atoms with E-state index in [0.29, 0.717) is 6.04 Å². The first-order valence-corrected chi connectivity index (χ1v) is 5.11. The van der Waals surface area contributed by atoms with Crippen LogP contribution in [-0.2, 0) is 0 Å². The summed E-state index contributed by atoms with van der Waals surface area (Å²) in [5.74, 6) is 0.245. The fourth-order valence-corrected chi connectivity index (χ4v) is 1.45. The molecule has 1 saturated heterocycles. The van der Waals surface area contributed by atoms with Crippen molar-refractivity contribution >= 4 is 12.4 Å². The molecule has 2 N–H and O–H groups in total. The third-order valence-electron chi connectivity index (χ3n) is 2.48. The molecule has 3 nitrogen and oxygen atoms in total. The zero-order chi connectivity index (χ0) is 9.52. The van der Waals surface area contributed by atoms with Crippen LogP contribution < -0.4 is 5.32 Å². The number of hydrogen-bond donors (Lipinski definition) is 2. The molecule has 13 heavy (non-hydrogen) atoms. The van der Waals surface area contributed by atoms with Crippen molar-refractivity contribution in [1.82, 2.24) is 5.32 Å². The lowest BCUT2D eigenvalue weighted by atomic mass is 10.1. The van der Waals surface area contributed by atoms with Gasteiger partial charge in [0.2, 0.25) is 0 Å². The average Bonchev–Trinajstić information content (AvgIpc) is 2.21. The summed E-state index contributed by atoms with van der Waals surface area (Å²) in [7, 11) is 0. The lowest BCUT2D eigenvalue weighted by molar-refractivity contribution is 0.460. The molecule has 74 valence electrons. The first kappa shape index (κ1) is 10.4. The number of nitrogens with zero attached hydrogens (tertiary/aromatic N) is 1. The Kier molecular flexibility index (Phi) is 4.68. The van der Waals surface area contributed by atoms with Crippen LogP contribution in [0.4, 0.5) is 0 Å². The van der Waals surface area contributed by atoms with E-state index in [9.17, 15) is 0 Å². The second-order valence-corrected chi connectivity index (χ2v) is 3.52. The minimum Gasteiger partial charge on any atom is -0.317 e. The van der Waals surface area contributed by atoms with Gasteiger partial charge in [0.1, 0.15) is 0 Å². The summed E-state index contributed by atoms with van der Waals surface area (Å²) in [5, 5.41) is 10.5. The zero-order valence-electron chi connectivity index (χ0n) is 8.29. The van der Waals surface area contributed by atoms with Crippen LogP contribution in [0.2, 0.25) is 0 Å². The molecule has 0 bridgehead atoms. The Bertz CT molecular complexity index is 171. The van der Waals surface area contributed by atoms with Crippen molar-refractivity contribution in [3.8, 4) is 0 Å². The summed E-state index contributed by atoms with van der Waals surface area (Å²) in [4.78, 5) is 4.51. The first-order chi connectivity index (χ1) is 6.36. The Hall–Kier alpha value is -0.700. The van der Waals surface area contributed by atoms with Gasteiger partial charge in [-0.1, -0.05) is 6.92 Å². The molecule has 0 saturated carbocycles. The second-order valence-electron chi connectivity index (χ2n) is 3.52. The van der Waals surface area contributed by atoms with E-state index in [2.05, 4.69) is 17.2 Å². The molecule has 0 radical (unpaired) electrons. The van der Waals surface area contributed by atoms with Gasteiger partial charge in [-0.3, -0.25) is 4.99 Å². The maximum absolute atomic E-state index is 7.15. The Labute approximate surface area is 80.1 Å². The van der Waals surface area contributed by atoms with Crippen LogP contribution in [-0.4, -0.2) is 31.6 Å². The normalized spacial score (nSPS) is 21.9. The van der Waals surface area contributed by atoms with Gasteiger partial charge in [-0.2, -0.15) is 0 Å². The highest BCUT2D eigenvalue weighted by Crippen LogP contribution is 2.07. The van der Waals surface area contributed by atoms with Crippen molar-refractivity contribution in [1.29, 1.82) is 5.41 Å². The monoisotopic (exact) mass is 181 g/mol. The van der Waals surface area contributed by atoms with Crippen molar-refractivity contribution < 1.29 is 0 Å². The largest absolute Gasteiger partial charge is 0.317 e. The highest BCUT2D eigenvalue weighted by Gasteiger charge is 2.10. The Morgan fingerprint density at radius 2 is 2.23 bits per heavy atom. The van der Waals surface area contributed by atoms with Gasteiger partial charge >= 0.3 is 0 Å². The van der Waals surface area contributed by atoms with Crippen LogP contribution >= 0.6 is 0 Å². The van der Waals surface area contributed by atoms with E-state index in [1.54, 1.807) is 0 Å². The molecule has 0 aromatic rings. The fraction of sp³-hybridized carbons (Fsp3) is 0.800. The molecular weight excluding hydrogens is 162 g/mol. The van der Waals surface area contributed by atoms with Gasteiger partial charge < -0.3 is 10.7 Å². The molecule has 1 aliphatic heterocycles. The molecule has 1 rings (SSSR count). The van der Waals surface area contributed by atoms with Gasteiger partial charge in [-0.05, 0) is 32.4 Å². The number of piperidine rings is 1. The molecule has 3 heteroatoms. The van der Waals surface area contributed by atoms with Crippen LogP contribution in [0.3, 0.4) is 0 Å². The number of aliphatic imine (C=N–C) groups is 1. The molecule has 0 spiro atoms. The van der Waals surface area contributed by atoms with Crippen LogP contribution in [0.15, 0.2) is 4.99 Å². The maximum atomic E-state index is 7.15. The van der Waals surface area contributed by atoms with Crippen molar-refractivity contribution in [3.05, 3.63) is 0 Å². The van der Waals surface area contributed by atoms with Crippen molar-refractivity contribution in [2.24, 2.45) is 10.9 Å². The van der Waals surface area contributed by atoms with Crippen molar-refractivity contribution in [2.45, 2.75) is 32.2 Å². The Morgan fingerprint density at radius 3 is 2.77 bits per heavy atom. The molecule has 1 aliphatic rings. The molecular formula is C10H19N3. The smallest absolute Gasteiger partial charge is 0.0520 e. The molecule has 0 aromatic carbocycles. The van der Waals surface area contributed by atoms with Crippen LogP contribution in [0.5, 0.6) is 0 Å². The summed E-state index contributed by atoms with van der Waals surface area (Å²) >= 11 is 0. The number of hydrogen-bond acceptors (Lipinski definition) is 3. The van der Waals surface area contributed by atoms with Gasteiger partial charge in [0.15, 0.2) is 0 Å². The van der Waals surface area contributed by atoms with E-state index in [-0.39, 0.29) is 5.92 Å². The fourth-order valence-electron chi connectivity index (χ4n) is 1.45. The van der Waals surface area contributed by atoms with E-state index in [1.165, 1.54) is 6.21 Å². The molecule has 1 unspecified atom stereocenters. The standard InChI is InChI=1S/C10H19N3/c1-2-9(7-11)8-13-10-3-5-12-6-4-10/h7-12H,2-6H2,1H3. The van der Waals surface area contributed by atoms with E-state index >= 15 is 0 Å². The van der Waals surface area contributed by atoms with E-state index < -0.39 is 0 Å². The summed E-state index contributed by atoms with van der Waals surface area (Å²) < 4.78 is 0. The lowest BCUT2D eigenvalue weighted by Crippen LogP contribution is -2.30. The topological polar surface area (TPSA) is 48.2 Å². The number of rotatable bonds is 4. The first-order valence-electron chi connectivity index (χ1n) is 5.11. The second kappa shape index (κ2) is 5.86. The van der Waals surface area contributed by atoms with Crippen LogP contribution in [0.25, 0.3) is 0 Å². The molecule has 0 amide bonds. The third kappa shape index (κ3) is 3.68. The van der Waals surface area contributed by atoms with E-state index in [4.69, 9.17) is 5.41 Å². The minimum absolute atomic E-state index is 0.245. The Balaban J connectivity index is 2.31. The van der Waals surface area contributed by atoms with E-state index in [0.717, 1.165) is 32.4 Å². The third-order valence-corrected chi connectivity index (χ3v) is 2.48. The average molecular weight is 181 g/mol. The lowest BCUT2D eigenvalue weighted by Gasteiger charge is -2.19. The van der Waals surface area contributed by atoms with Crippen molar-refractivity contribution in [3.63, 3.8) is 0 Å². The van der Waals surface area contributed by atoms with Crippen LogP contribution in [0, 0.1) is 11.3 Å². The van der Waals surface area contributed by atoms with Gasteiger partial charge in [0.25, 0.3) is 0 Å². The maximum Gasteiger partial charge on any atom is 0.0520 e. The van der Waals surface area contributed by atoms with Crippen LogP contribution in [0.1, 0.15) is 26.2 Å². The zero-order valence-corrected chi connectivity index (χ0v) is 8.29. The quantitative estimate of drug-likeness (QED) is 0.634. The molecule has 1 heterocycles. The Morgan fingerprint density at radius 1 is 1.54 bits per heavy atom. The highest BCUT2D eigenvalue weighted by molar-refractivity contribution is 5.81. The highest BCUT2D eigenvalue weighted by atomic mass is 14.9. The summed E-state index contributed by atoms with van der Waals surface area (Å²) in [6, 6.07) is 0.496. The molecule has 0 aromatic heterocycles. The number of nitrogens with one attached hydrogen (secondary N) is 2. The predicted molar refractivity (Wildman–Crippen MR) is 56.9 cm³/mol. The van der Waals surface area contributed by atoms with Gasteiger partial charge in [0, 0.05) is 18.3 Å².